The summed E-state index contributed by atoms with van der Waals surface area (Å²) < 4.78 is 0. The van der Waals surface area contributed by atoms with E-state index in [1.807, 2.05) is 0 Å². The molecule has 0 saturated heterocycles. The van der Waals surface area contributed by atoms with Crippen LogP contribution in [0.25, 0.3) is 0 Å². The Morgan fingerprint density at radius 1 is 1.67 bits per heavy atom. The molecule has 1 heterocycles. The highest BCUT2D eigenvalue weighted by atomic mass is 16.3. The van der Waals surface area contributed by atoms with Gasteiger partial charge in [0, 0.05) is 24.7 Å². The summed E-state index contributed by atoms with van der Waals surface area (Å²) in [5.74, 6) is -0.776. The number of pyridine rings is 1. The molecule has 0 radical (unpaired) electrons. The number of aromatic hydroxyl groups is 1. The molecule has 15 heavy (non-hydrogen) atoms. The Kier molecular flexibility index (Phi) is 3.46. The van der Waals surface area contributed by atoms with Crippen LogP contribution in [0.15, 0.2) is 16.9 Å². The molecule has 0 saturated carbocycles. The van der Waals surface area contributed by atoms with Gasteiger partial charge in [0.2, 0.25) is 0 Å². The van der Waals surface area contributed by atoms with Gasteiger partial charge in [0.1, 0.15) is 0 Å². The van der Waals surface area contributed by atoms with E-state index in [1.165, 1.54) is 6.07 Å². The third kappa shape index (κ3) is 3.43. The molecule has 1 rings (SSSR count). The molecule has 1 aromatic rings. The van der Waals surface area contributed by atoms with Crippen molar-refractivity contribution in [2.45, 2.75) is 13.0 Å². The van der Waals surface area contributed by atoms with Gasteiger partial charge in [-0.1, -0.05) is 0 Å². The zero-order valence-electron chi connectivity index (χ0n) is 8.28. The normalized spacial score (nSPS) is 12.1. The molecule has 82 valence electrons. The number of aromatic nitrogens is 1. The summed E-state index contributed by atoms with van der Waals surface area (Å²) in [5.41, 5.74) is 5.03. The van der Waals surface area contributed by atoms with Crippen LogP contribution in [0, 0.1) is 0 Å². The number of nitrogens with one attached hydrogen (secondary N) is 2. The highest BCUT2D eigenvalue weighted by molar-refractivity contribution is 5.94. The van der Waals surface area contributed by atoms with Gasteiger partial charge in [0.15, 0.2) is 5.88 Å². The summed E-state index contributed by atoms with van der Waals surface area (Å²) in [7, 11) is 0. The Morgan fingerprint density at radius 3 is 2.87 bits per heavy atom. The van der Waals surface area contributed by atoms with E-state index in [0.717, 1.165) is 6.07 Å². The maximum Gasteiger partial charge on any atom is 0.251 e. The van der Waals surface area contributed by atoms with Gasteiger partial charge >= 0.3 is 0 Å². The number of hydrogen-bond donors (Lipinski definition) is 4. The van der Waals surface area contributed by atoms with Crippen molar-refractivity contribution in [2.24, 2.45) is 5.73 Å². The second kappa shape index (κ2) is 4.61. The van der Waals surface area contributed by atoms with Gasteiger partial charge in [-0.2, -0.15) is 0 Å². The number of carbonyl (C=O) groups is 1. The Hall–Kier alpha value is -1.82. The minimum Gasteiger partial charge on any atom is -0.494 e. The predicted octanol–water partition coefficient (Wildman–Crippen LogP) is -0.843. The average Bonchev–Trinajstić information content (AvgIpc) is 2.12. The van der Waals surface area contributed by atoms with E-state index in [-0.39, 0.29) is 17.5 Å². The van der Waals surface area contributed by atoms with Crippen molar-refractivity contribution >= 4 is 5.91 Å². The lowest BCUT2D eigenvalue weighted by Gasteiger charge is -2.07. The van der Waals surface area contributed by atoms with E-state index in [1.54, 1.807) is 6.92 Å². The minimum atomic E-state index is -0.527. The van der Waals surface area contributed by atoms with Gasteiger partial charge in [-0.15, -0.1) is 0 Å². The Labute approximate surface area is 86.1 Å². The molecule has 1 aromatic heterocycles. The standard InChI is InChI=1S/C9H13N3O3/c1-5(10)4-11-9(15)6-2-7(13)12-8(14)3-6/h2-3,5H,4,10H2,1H3,(H,11,15)(H2,12,13,14). The molecule has 5 N–H and O–H groups in total. The van der Waals surface area contributed by atoms with Crippen molar-refractivity contribution < 1.29 is 9.90 Å². The maximum atomic E-state index is 11.4. The van der Waals surface area contributed by atoms with E-state index in [9.17, 15) is 9.59 Å². The largest absolute Gasteiger partial charge is 0.494 e. The Morgan fingerprint density at radius 2 is 2.33 bits per heavy atom. The summed E-state index contributed by atoms with van der Waals surface area (Å²) in [4.78, 5) is 24.5. The minimum absolute atomic E-state index is 0.108. The number of H-pyrrole nitrogens is 1. The van der Waals surface area contributed by atoms with Crippen molar-refractivity contribution in [3.63, 3.8) is 0 Å². The molecule has 0 spiro atoms. The predicted molar refractivity (Wildman–Crippen MR) is 54.7 cm³/mol. The monoisotopic (exact) mass is 211 g/mol. The van der Waals surface area contributed by atoms with Crippen LogP contribution in [0.4, 0.5) is 0 Å². The fourth-order valence-corrected chi connectivity index (χ4v) is 1.02. The van der Waals surface area contributed by atoms with Crippen molar-refractivity contribution in [3.8, 4) is 5.88 Å². The topological polar surface area (TPSA) is 108 Å². The third-order valence-corrected chi connectivity index (χ3v) is 1.68. The van der Waals surface area contributed by atoms with Crippen molar-refractivity contribution in [3.05, 3.63) is 28.0 Å². The third-order valence-electron chi connectivity index (χ3n) is 1.68. The van der Waals surface area contributed by atoms with E-state index < -0.39 is 11.5 Å². The van der Waals surface area contributed by atoms with E-state index in [2.05, 4.69) is 10.3 Å². The molecule has 0 aliphatic carbocycles. The lowest BCUT2D eigenvalue weighted by Crippen LogP contribution is -2.35. The number of rotatable bonds is 3. The summed E-state index contributed by atoms with van der Waals surface area (Å²) in [6.45, 7) is 2.06. The molecule has 1 unspecified atom stereocenters. The molecule has 0 aliphatic rings. The molecular formula is C9H13N3O3. The fourth-order valence-electron chi connectivity index (χ4n) is 1.02. The van der Waals surface area contributed by atoms with Gasteiger partial charge in [0.05, 0.1) is 5.56 Å². The second-order valence-corrected chi connectivity index (χ2v) is 3.31. The Balaban J connectivity index is 2.78. The maximum absolute atomic E-state index is 11.4. The average molecular weight is 211 g/mol. The summed E-state index contributed by atoms with van der Waals surface area (Å²) in [6, 6.07) is 2.12. The fraction of sp³-hybridized carbons (Fsp3) is 0.333. The van der Waals surface area contributed by atoms with Gasteiger partial charge in [-0.3, -0.25) is 14.6 Å². The molecule has 0 bridgehead atoms. The first kappa shape index (κ1) is 11.3. The van der Waals surface area contributed by atoms with Crippen LogP contribution >= 0.6 is 0 Å². The molecule has 6 heteroatoms. The summed E-state index contributed by atoms with van der Waals surface area (Å²) >= 11 is 0. The van der Waals surface area contributed by atoms with Crippen molar-refractivity contribution in [2.75, 3.05) is 6.54 Å². The lowest BCUT2D eigenvalue weighted by atomic mass is 10.2. The molecule has 0 fully saturated rings. The first-order valence-corrected chi connectivity index (χ1v) is 4.46. The lowest BCUT2D eigenvalue weighted by molar-refractivity contribution is 0.0951. The van der Waals surface area contributed by atoms with Crippen molar-refractivity contribution in [1.29, 1.82) is 0 Å². The van der Waals surface area contributed by atoms with Crippen LogP contribution in [0.1, 0.15) is 17.3 Å². The number of amides is 1. The van der Waals surface area contributed by atoms with Crippen LogP contribution in [0.5, 0.6) is 5.88 Å². The molecular weight excluding hydrogens is 198 g/mol. The summed E-state index contributed by atoms with van der Waals surface area (Å²) in [6.07, 6.45) is 0. The highest BCUT2D eigenvalue weighted by Gasteiger charge is 2.07. The first-order valence-electron chi connectivity index (χ1n) is 4.46. The molecule has 0 aliphatic heterocycles. The van der Waals surface area contributed by atoms with Crippen LogP contribution in [-0.4, -0.2) is 28.6 Å². The smallest absolute Gasteiger partial charge is 0.251 e. The second-order valence-electron chi connectivity index (χ2n) is 3.31. The SMILES string of the molecule is CC(N)CNC(=O)c1cc(O)[nH]c(=O)c1. The number of aromatic amines is 1. The molecule has 6 nitrogen and oxygen atoms in total. The van der Waals surface area contributed by atoms with Crippen LogP contribution in [0.2, 0.25) is 0 Å². The molecule has 1 atom stereocenters. The zero-order chi connectivity index (χ0) is 11.4. The first-order chi connectivity index (χ1) is 6.99. The van der Waals surface area contributed by atoms with Gasteiger partial charge in [0.25, 0.3) is 11.5 Å². The molecule has 0 aromatic carbocycles. The van der Waals surface area contributed by atoms with Crippen LogP contribution in [0.3, 0.4) is 0 Å². The van der Waals surface area contributed by atoms with E-state index in [4.69, 9.17) is 10.8 Å². The summed E-state index contributed by atoms with van der Waals surface area (Å²) in [5, 5.41) is 11.6. The van der Waals surface area contributed by atoms with Crippen LogP contribution < -0.4 is 16.6 Å². The zero-order valence-corrected chi connectivity index (χ0v) is 8.28. The highest BCUT2D eigenvalue weighted by Crippen LogP contribution is 2.03. The quantitative estimate of drug-likeness (QED) is 0.522. The Bertz CT molecular complexity index is 411. The van der Waals surface area contributed by atoms with Gasteiger partial charge in [-0.25, -0.2) is 0 Å². The number of carbonyl (C=O) groups excluding carboxylic acids is 1. The number of hydrogen-bond acceptors (Lipinski definition) is 4. The van der Waals surface area contributed by atoms with Crippen LogP contribution in [-0.2, 0) is 0 Å². The molecule has 1 amide bonds. The van der Waals surface area contributed by atoms with Crippen molar-refractivity contribution in [1.82, 2.24) is 10.3 Å². The number of nitrogens with two attached hydrogens (primary N) is 1. The van der Waals surface area contributed by atoms with E-state index in [0.29, 0.717) is 6.54 Å². The van der Waals surface area contributed by atoms with Gasteiger partial charge in [-0.05, 0) is 6.92 Å². The van der Waals surface area contributed by atoms with Gasteiger partial charge < -0.3 is 16.2 Å². The van der Waals surface area contributed by atoms with E-state index >= 15 is 0 Å².